The summed E-state index contributed by atoms with van der Waals surface area (Å²) in [6, 6.07) is 8.76. The summed E-state index contributed by atoms with van der Waals surface area (Å²) in [5, 5.41) is 3.25. The molecule has 0 amide bonds. The maximum atomic E-state index is 13.4. The molecule has 2 nitrogen and oxygen atoms in total. The molecule has 20 heavy (non-hydrogen) atoms. The normalized spacial score (nSPS) is 10.4. The summed E-state index contributed by atoms with van der Waals surface area (Å²) in [6.07, 6.45) is 0. The van der Waals surface area contributed by atoms with Crippen LogP contribution in [0.1, 0.15) is 5.56 Å². The smallest absolute Gasteiger partial charge is 0.137 e. The highest BCUT2D eigenvalue weighted by atomic mass is 79.9. The van der Waals surface area contributed by atoms with Crippen LogP contribution in [-0.4, -0.2) is 7.11 Å². The van der Waals surface area contributed by atoms with Crippen LogP contribution in [0.25, 0.3) is 0 Å². The number of ether oxygens (including phenoxy) is 1. The summed E-state index contributed by atoms with van der Waals surface area (Å²) in [6.45, 7) is 0.502. The maximum Gasteiger partial charge on any atom is 0.137 e. The van der Waals surface area contributed by atoms with Gasteiger partial charge in [-0.1, -0.05) is 12.1 Å². The zero-order chi connectivity index (χ0) is 14.7. The lowest BCUT2D eigenvalue weighted by Crippen LogP contribution is -2.02. The molecule has 0 aromatic heterocycles. The molecule has 1 N–H and O–H groups in total. The Kier molecular flexibility index (Phi) is 5.46. The number of rotatable bonds is 4. The largest absolute Gasteiger partial charge is 0.495 e. The highest BCUT2D eigenvalue weighted by Gasteiger charge is 2.09. The molecular formula is C14H11Br3FNO. The van der Waals surface area contributed by atoms with Crippen molar-refractivity contribution in [3.63, 3.8) is 0 Å². The van der Waals surface area contributed by atoms with Gasteiger partial charge < -0.3 is 10.1 Å². The van der Waals surface area contributed by atoms with E-state index in [1.807, 2.05) is 18.2 Å². The van der Waals surface area contributed by atoms with Crippen LogP contribution in [0.5, 0.6) is 5.75 Å². The minimum Gasteiger partial charge on any atom is -0.495 e. The van der Waals surface area contributed by atoms with Crippen molar-refractivity contribution in [2.45, 2.75) is 6.54 Å². The minimum absolute atomic E-state index is 0.267. The Hall–Kier alpha value is -0.590. The second-order valence-electron chi connectivity index (χ2n) is 4.03. The quantitative estimate of drug-likeness (QED) is 0.619. The van der Waals surface area contributed by atoms with Gasteiger partial charge >= 0.3 is 0 Å². The highest BCUT2D eigenvalue weighted by Crippen LogP contribution is 2.35. The second-order valence-corrected chi connectivity index (χ2v) is 6.53. The highest BCUT2D eigenvalue weighted by molar-refractivity contribution is 9.11. The molecule has 0 heterocycles. The first kappa shape index (κ1) is 15.8. The first-order valence-electron chi connectivity index (χ1n) is 5.72. The van der Waals surface area contributed by atoms with E-state index in [1.165, 1.54) is 6.07 Å². The first-order valence-corrected chi connectivity index (χ1v) is 8.10. The molecule has 0 atom stereocenters. The molecular weight excluding hydrogens is 457 g/mol. The molecule has 0 aliphatic rings. The Bertz CT molecular complexity index is 634. The van der Waals surface area contributed by atoms with E-state index in [-0.39, 0.29) is 5.82 Å². The number of methoxy groups -OCH3 is 1. The molecule has 0 radical (unpaired) electrons. The Labute approximate surface area is 142 Å². The van der Waals surface area contributed by atoms with Gasteiger partial charge in [-0.2, -0.15) is 0 Å². The molecule has 0 saturated carbocycles. The van der Waals surface area contributed by atoms with Crippen molar-refractivity contribution in [3.8, 4) is 5.75 Å². The van der Waals surface area contributed by atoms with Crippen molar-refractivity contribution in [1.29, 1.82) is 0 Å². The monoisotopic (exact) mass is 465 g/mol. The van der Waals surface area contributed by atoms with Crippen molar-refractivity contribution in [1.82, 2.24) is 0 Å². The van der Waals surface area contributed by atoms with Gasteiger partial charge in [0.1, 0.15) is 11.6 Å². The minimum atomic E-state index is -0.267. The molecule has 0 bridgehead atoms. The molecule has 2 aromatic rings. The van der Waals surface area contributed by atoms with E-state index < -0.39 is 0 Å². The lowest BCUT2D eigenvalue weighted by atomic mass is 10.2. The zero-order valence-corrected chi connectivity index (χ0v) is 15.3. The average molecular weight is 468 g/mol. The molecule has 0 saturated heterocycles. The molecule has 6 heteroatoms. The molecule has 0 fully saturated rings. The Balaban J connectivity index is 2.21. The van der Waals surface area contributed by atoms with Gasteiger partial charge in [-0.05, 0) is 65.5 Å². The van der Waals surface area contributed by atoms with Crippen LogP contribution >= 0.6 is 47.8 Å². The summed E-state index contributed by atoms with van der Waals surface area (Å²) in [7, 11) is 1.61. The summed E-state index contributed by atoms with van der Waals surface area (Å²) in [4.78, 5) is 0. The van der Waals surface area contributed by atoms with Crippen LogP contribution in [0, 0.1) is 5.82 Å². The van der Waals surface area contributed by atoms with Gasteiger partial charge in [0.2, 0.25) is 0 Å². The van der Waals surface area contributed by atoms with Gasteiger partial charge in [0.05, 0.1) is 21.7 Å². The van der Waals surface area contributed by atoms with E-state index >= 15 is 0 Å². The van der Waals surface area contributed by atoms with E-state index in [0.717, 1.165) is 25.9 Å². The Morgan fingerprint density at radius 3 is 2.60 bits per heavy atom. The SMILES string of the molecule is COc1cc(NCc2cccc(F)c2Br)c(Br)cc1Br. The molecule has 0 spiro atoms. The van der Waals surface area contributed by atoms with Gasteiger partial charge in [0, 0.05) is 17.1 Å². The van der Waals surface area contributed by atoms with Crippen LogP contribution in [0.4, 0.5) is 10.1 Å². The molecule has 2 aromatic carbocycles. The topological polar surface area (TPSA) is 21.3 Å². The fraction of sp³-hybridized carbons (Fsp3) is 0.143. The predicted molar refractivity (Wildman–Crippen MR) is 89.8 cm³/mol. The molecule has 0 aliphatic heterocycles. The third-order valence-electron chi connectivity index (χ3n) is 2.74. The fourth-order valence-corrected chi connectivity index (χ4v) is 3.40. The summed E-state index contributed by atoms with van der Waals surface area (Å²) in [5.41, 5.74) is 1.72. The lowest BCUT2D eigenvalue weighted by molar-refractivity contribution is 0.412. The molecule has 106 valence electrons. The van der Waals surface area contributed by atoms with Crippen LogP contribution in [0.3, 0.4) is 0 Å². The Morgan fingerprint density at radius 2 is 1.90 bits per heavy atom. The number of nitrogens with one attached hydrogen (secondary N) is 1. The number of hydrogen-bond donors (Lipinski definition) is 1. The van der Waals surface area contributed by atoms with Crippen LogP contribution in [0.15, 0.2) is 43.7 Å². The second kappa shape index (κ2) is 6.91. The van der Waals surface area contributed by atoms with Crippen molar-refractivity contribution < 1.29 is 9.13 Å². The van der Waals surface area contributed by atoms with Crippen molar-refractivity contribution in [2.75, 3.05) is 12.4 Å². The van der Waals surface area contributed by atoms with E-state index in [4.69, 9.17) is 4.74 Å². The Morgan fingerprint density at radius 1 is 1.15 bits per heavy atom. The van der Waals surface area contributed by atoms with E-state index in [0.29, 0.717) is 11.0 Å². The van der Waals surface area contributed by atoms with Gasteiger partial charge in [0.25, 0.3) is 0 Å². The van der Waals surface area contributed by atoms with Gasteiger partial charge in [-0.3, -0.25) is 0 Å². The molecule has 0 aliphatic carbocycles. The number of halogens is 4. The number of anilines is 1. The van der Waals surface area contributed by atoms with Crippen molar-refractivity contribution in [2.24, 2.45) is 0 Å². The summed E-state index contributed by atoms with van der Waals surface area (Å²) in [5.74, 6) is 0.464. The van der Waals surface area contributed by atoms with Crippen molar-refractivity contribution >= 4 is 53.5 Å². The standard InChI is InChI=1S/C14H11Br3FNO/c1-20-13-6-12(9(15)5-10(13)16)19-7-8-3-2-4-11(18)14(8)17/h2-6,19H,7H2,1H3. The van der Waals surface area contributed by atoms with Gasteiger partial charge in [-0.25, -0.2) is 4.39 Å². The van der Waals surface area contributed by atoms with Gasteiger partial charge in [0.15, 0.2) is 0 Å². The lowest BCUT2D eigenvalue weighted by Gasteiger charge is -2.13. The fourth-order valence-electron chi connectivity index (χ4n) is 1.70. The molecule has 0 unspecified atom stereocenters. The van der Waals surface area contributed by atoms with Crippen LogP contribution in [0.2, 0.25) is 0 Å². The van der Waals surface area contributed by atoms with Crippen molar-refractivity contribution in [3.05, 3.63) is 55.1 Å². The van der Waals surface area contributed by atoms with E-state index in [1.54, 1.807) is 13.2 Å². The zero-order valence-electron chi connectivity index (χ0n) is 10.5. The predicted octanol–water partition coefficient (Wildman–Crippen LogP) is 5.73. The van der Waals surface area contributed by atoms with Crippen LogP contribution in [-0.2, 0) is 6.54 Å². The third-order valence-corrected chi connectivity index (χ3v) is 4.91. The average Bonchev–Trinajstić information content (AvgIpc) is 2.42. The number of benzene rings is 2. The van der Waals surface area contributed by atoms with Crippen LogP contribution < -0.4 is 10.1 Å². The summed E-state index contributed by atoms with van der Waals surface area (Å²) < 4.78 is 20.9. The van der Waals surface area contributed by atoms with E-state index in [2.05, 4.69) is 53.1 Å². The van der Waals surface area contributed by atoms with E-state index in [9.17, 15) is 4.39 Å². The maximum absolute atomic E-state index is 13.4. The summed E-state index contributed by atoms with van der Waals surface area (Å²) >= 11 is 10.2. The van der Waals surface area contributed by atoms with Gasteiger partial charge in [-0.15, -0.1) is 0 Å². The molecule has 2 rings (SSSR count). The number of hydrogen-bond acceptors (Lipinski definition) is 2. The first-order chi connectivity index (χ1) is 9.52. The third kappa shape index (κ3) is 3.54.